The molecule has 0 aromatic rings. The average molecular weight is 173 g/mol. The van der Waals surface area contributed by atoms with E-state index in [4.69, 9.17) is 18.0 Å². The summed E-state index contributed by atoms with van der Waals surface area (Å²) in [4.78, 5) is 12.6. The van der Waals surface area contributed by atoms with Crippen LogP contribution in [0, 0.1) is 0 Å². The number of nitrogens with two attached hydrogens (primary N) is 1. The lowest BCUT2D eigenvalue weighted by Crippen LogP contribution is -2.55. The van der Waals surface area contributed by atoms with Crippen LogP contribution in [0.1, 0.15) is 6.92 Å². The van der Waals surface area contributed by atoms with E-state index >= 15 is 0 Å². The van der Waals surface area contributed by atoms with Gasteiger partial charge >= 0.3 is 0 Å². The highest BCUT2D eigenvalue weighted by atomic mass is 32.1. The lowest BCUT2D eigenvalue weighted by molar-refractivity contribution is -0.123. The molecule has 11 heavy (non-hydrogen) atoms. The second kappa shape index (κ2) is 3.04. The Balaban J connectivity index is 2.56. The lowest BCUT2D eigenvalue weighted by atomic mass is 10.2. The van der Waals surface area contributed by atoms with Crippen molar-refractivity contribution in [2.45, 2.75) is 13.0 Å². The highest BCUT2D eigenvalue weighted by molar-refractivity contribution is 7.80. The van der Waals surface area contributed by atoms with Crippen molar-refractivity contribution in [3.63, 3.8) is 0 Å². The zero-order chi connectivity index (χ0) is 8.43. The number of amides is 1. The van der Waals surface area contributed by atoms with E-state index in [-0.39, 0.29) is 11.9 Å². The van der Waals surface area contributed by atoms with Crippen LogP contribution >= 0.6 is 12.2 Å². The van der Waals surface area contributed by atoms with Crippen molar-refractivity contribution in [3.05, 3.63) is 0 Å². The number of hydrogen-bond donors (Lipinski definition) is 2. The molecule has 0 aromatic heterocycles. The molecule has 1 amide bonds. The summed E-state index contributed by atoms with van der Waals surface area (Å²) in [6.07, 6.45) is 0. The molecule has 1 heterocycles. The van der Waals surface area contributed by atoms with Gasteiger partial charge < -0.3 is 16.0 Å². The molecule has 5 heteroatoms. The summed E-state index contributed by atoms with van der Waals surface area (Å²) in [5.41, 5.74) is 5.37. The SMILES string of the molecule is CC1CN(C(N)=S)CC(=O)N1. The number of carbonyl (C=O) groups excluding carboxylic acids is 1. The molecule has 1 rings (SSSR count). The summed E-state index contributed by atoms with van der Waals surface area (Å²) in [5, 5.41) is 3.07. The normalized spacial score (nSPS) is 24.6. The summed E-state index contributed by atoms with van der Waals surface area (Å²) in [6, 6.07) is 0.137. The van der Waals surface area contributed by atoms with Crippen molar-refractivity contribution in [3.8, 4) is 0 Å². The van der Waals surface area contributed by atoms with Gasteiger partial charge in [-0.2, -0.15) is 0 Å². The van der Waals surface area contributed by atoms with Crippen LogP contribution in [0.15, 0.2) is 0 Å². The fourth-order valence-electron chi connectivity index (χ4n) is 1.10. The highest BCUT2D eigenvalue weighted by Gasteiger charge is 2.21. The van der Waals surface area contributed by atoms with Crippen LogP contribution in [0.5, 0.6) is 0 Å². The summed E-state index contributed by atoms with van der Waals surface area (Å²) in [7, 11) is 0. The van der Waals surface area contributed by atoms with Crippen molar-refractivity contribution < 1.29 is 4.79 Å². The molecule has 1 aliphatic rings. The first kappa shape index (κ1) is 8.26. The van der Waals surface area contributed by atoms with Crippen LogP contribution in [-0.2, 0) is 4.79 Å². The van der Waals surface area contributed by atoms with Gasteiger partial charge in [0.2, 0.25) is 5.91 Å². The first-order valence-electron chi connectivity index (χ1n) is 3.43. The van der Waals surface area contributed by atoms with Crippen LogP contribution in [0.25, 0.3) is 0 Å². The predicted octanol–water partition coefficient (Wildman–Crippen LogP) is -0.950. The predicted molar refractivity (Wildman–Crippen MR) is 46.0 cm³/mol. The molecule has 62 valence electrons. The molecule has 0 radical (unpaired) electrons. The Bertz CT molecular complexity index is 194. The van der Waals surface area contributed by atoms with Crippen LogP contribution in [0.4, 0.5) is 0 Å². The maximum atomic E-state index is 10.9. The molecule has 0 bridgehead atoms. The molecule has 0 aliphatic carbocycles. The number of rotatable bonds is 0. The number of nitrogens with one attached hydrogen (secondary N) is 1. The van der Waals surface area contributed by atoms with Gasteiger partial charge in [0, 0.05) is 12.6 Å². The number of nitrogens with zero attached hydrogens (tertiary/aromatic N) is 1. The fourth-order valence-corrected chi connectivity index (χ4v) is 1.24. The van der Waals surface area contributed by atoms with Crippen LogP contribution in [-0.4, -0.2) is 35.1 Å². The third kappa shape index (κ3) is 2.04. The average Bonchev–Trinajstić information content (AvgIpc) is 1.85. The minimum Gasteiger partial charge on any atom is -0.376 e. The van der Waals surface area contributed by atoms with E-state index in [9.17, 15) is 4.79 Å². The second-order valence-electron chi connectivity index (χ2n) is 2.69. The zero-order valence-electron chi connectivity index (χ0n) is 6.33. The van der Waals surface area contributed by atoms with Crippen molar-refractivity contribution >= 4 is 23.2 Å². The Labute approximate surface area is 70.7 Å². The Hall–Kier alpha value is -0.840. The first-order chi connectivity index (χ1) is 5.09. The first-order valence-corrected chi connectivity index (χ1v) is 3.84. The van der Waals surface area contributed by atoms with Gasteiger partial charge in [-0.15, -0.1) is 0 Å². The summed E-state index contributed by atoms with van der Waals surface area (Å²) >= 11 is 4.75. The minimum atomic E-state index is -0.0171. The number of carbonyl (C=O) groups is 1. The molecule has 0 saturated carbocycles. The molecule has 0 spiro atoms. The third-order valence-electron chi connectivity index (χ3n) is 1.55. The fraction of sp³-hybridized carbons (Fsp3) is 0.667. The van der Waals surface area contributed by atoms with Gasteiger partial charge in [-0.3, -0.25) is 4.79 Å². The quantitative estimate of drug-likeness (QED) is 0.464. The summed E-state index contributed by atoms with van der Waals surface area (Å²) in [5.74, 6) is -0.0171. The van der Waals surface area contributed by atoms with Crippen molar-refractivity contribution in [2.75, 3.05) is 13.1 Å². The summed E-state index contributed by atoms with van der Waals surface area (Å²) < 4.78 is 0. The molecule has 1 saturated heterocycles. The van der Waals surface area contributed by atoms with Crippen LogP contribution in [0.3, 0.4) is 0 Å². The molecule has 1 aliphatic heterocycles. The molecular weight excluding hydrogens is 162 g/mol. The lowest BCUT2D eigenvalue weighted by Gasteiger charge is -2.31. The maximum absolute atomic E-state index is 10.9. The zero-order valence-corrected chi connectivity index (χ0v) is 7.15. The molecule has 1 fully saturated rings. The van der Waals surface area contributed by atoms with Crippen molar-refractivity contribution in [1.82, 2.24) is 10.2 Å². The van der Waals surface area contributed by atoms with E-state index in [0.29, 0.717) is 18.2 Å². The van der Waals surface area contributed by atoms with Crippen molar-refractivity contribution in [1.29, 1.82) is 0 Å². The Morgan fingerprint density at radius 1 is 1.91 bits per heavy atom. The van der Waals surface area contributed by atoms with Crippen LogP contribution < -0.4 is 11.1 Å². The molecule has 1 atom stereocenters. The van der Waals surface area contributed by atoms with E-state index < -0.39 is 0 Å². The topological polar surface area (TPSA) is 58.4 Å². The van der Waals surface area contributed by atoms with Crippen LogP contribution in [0.2, 0.25) is 0 Å². The number of thiocarbonyl (C=S) groups is 1. The number of hydrogen-bond acceptors (Lipinski definition) is 2. The van der Waals surface area contributed by atoms with Gasteiger partial charge in [-0.1, -0.05) is 0 Å². The van der Waals surface area contributed by atoms with E-state index in [1.807, 2.05) is 6.92 Å². The number of piperazine rings is 1. The van der Waals surface area contributed by atoms with Crippen molar-refractivity contribution in [2.24, 2.45) is 5.73 Å². The largest absolute Gasteiger partial charge is 0.376 e. The summed E-state index contributed by atoms with van der Waals surface area (Å²) in [6.45, 7) is 2.92. The highest BCUT2D eigenvalue weighted by Crippen LogP contribution is 1.98. The van der Waals surface area contributed by atoms with Gasteiger partial charge in [0.05, 0.1) is 6.54 Å². The van der Waals surface area contributed by atoms with E-state index in [2.05, 4.69) is 5.32 Å². The van der Waals surface area contributed by atoms with E-state index in [1.165, 1.54) is 0 Å². The molecule has 3 N–H and O–H groups in total. The van der Waals surface area contributed by atoms with E-state index in [0.717, 1.165) is 0 Å². The van der Waals surface area contributed by atoms with Gasteiger partial charge in [0.1, 0.15) is 0 Å². The Morgan fingerprint density at radius 2 is 2.55 bits per heavy atom. The van der Waals surface area contributed by atoms with Gasteiger partial charge in [-0.05, 0) is 19.1 Å². The minimum absolute atomic E-state index is 0.0171. The molecule has 0 aromatic carbocycles. The van der Waals surface area contributed by atoms with E-state index in [1.54, 1.807) is 4.90 Å². The Kier molecular flexibility index (Phi) is 2.28. The Morgan fingerprint density at radius 3 is 3.00 bits per heavy atom. The molecular formula is C6H11N3OS. The standard InChI is InChI=1S/C6H11N3OS/c1-4-2-9(6(7)11)3-5(10)8-4/h4H,2-3H2,1H3,(H2,7,11)(H,8,10). The van der Waals surface area contributed by atoms with Gasteiger partial charge in [0.15, 0.2) is 5.11 Å². The molecule has 4 nitrogen and oxygen atoms in total. The van der Waals surface area contributed by atoms with Gasteiger partial charge in [0.25, 0.3) is 0 Å². The maximum Gasteiger partial charge on any atom is 0.239 e. The van der Waals surface area contributed by atoms with Gasteiger partial charge in [-0.25, -0.2) is 0 Å². The smallest absolute Gasteiger partial charge is 0.239 e. The monoisotopic (exact) mass is 173 g/mol. The molecule has 1 unspecified atom stereocenters. The third-order valence-corrected chi connectivity index (χ3v) is 1.81. The second-order valence-corrected chi connectivity index (χ2v) is 3.11.